The quantitative estimate of drug-likeness (QED) is 0.928. The largest absolute Gasteiger partial charge is 0.389 e. The number of benzene rings is 1. The van der Waals surface area contributed by atoms with Crippen LogP contribution >= 0.6 is 0 Å². The van der Waals surface area contributed by atoms with Gasteiger partial charge in [-0.25, -0.2) is 0 Å². The Hall–Kier alpha value is -1.89. The molecule has 2 N–H and O–H groups in total. The third-order valence-electron chi connectivity index (χ3n) is 2.54. The summed E-state index contributed by atoms with van der Waals surface area (Å²) in [5, 5.41) is 3.50. The number of rotatable bonds is 4. The topological polar surface area (TPSA) is 64.9 Å². The highest BCUT2D eigenvalue weighted by Gasteiger charge is 2.28. The number of nitrogens with two attached hydrogens (primary N) is 1. The van der Waals surface area contributed by atoms with Crippen LogP contribution < -0.4 is 5.73 Å². The molecule has 0 spiro atoms. The van der Waals surface area contributed by atoms with E-state index in [4.69, 9.17) is 10.3 Å². The van der Waals surface area contributed by atoms with Crippen molar-refractivity contribution in [3.05, 3.63) is 47.6 Å². The van der Waals surface area contributed by atoms with Crippen molar-refractivity contribution >= 4 is 0 Å². The number of aryl methyl sites for hydroxylation is 1. The maximum atomic E-state index is 12.1. The Bertz CT molecular complexity index is 525. The number of nitrogens with zero attached hydrogens (tertiary/aromatic N) is 2. The first-order valence-electron chi connectivity index (χ1n) is 5.65. The van der Waals surface area contributed by atoms with Gasteiger partial charge in [-0.1, -0.05) is 35.5 Å². The van der Waals surface area contributed by atoms with E-state index in [0.717, 1.165) is 5.56 Å². The molecule has 0 saturated carbocycles. The lowest BCUT2D eigenvalue weighted by molar-refractivity contribution is -0.134. The van der Waals surface area contributed by atoms with E-state index in [1.807, 2.05) is 6.07 Å². The molecule has 0 aliphatic carbocycles. The van der Waals surface area contributed by atoms with Gasteiger partial charge in [0.15, 0.2) is 5.82 Å². The molecule has 0 saturated heterocycles. The molecule has 1 atom stereocenters. The zero-order valence-electron chi connectivity index (χ0n) is 9.89. The molecule has 0 fully saturated rings. The molecule has 0 aliphatic rings. The van der Waals surface area contributed by atoms with E-state index in [1.165, 1.54) is 0 Å². The molecule has 0 bridgehead atoms. The van der Waals surface area contributed by atoms with Crippen LogP contribution in [-0.4, -0.2) is 16.3 Å². The van der Waals surface area contributed by atoms with Crippen molar-refractivity contribution in [1.82, 2.24) is 10.1 Å². The van der Waals surface area contributed by atoms with Gasteiger partial charge in [0.25, 0.3) is 0 Å². The van der Waals surface area contributed by atoms with Crippen LogP contribution in [-0.2, 0) is 6.42 Å². The molecule has 4 nitrogen and oxygen atoms in total. The second kappa shape index (κ2) is 5.40. The van der Waals surface area contributed by atoms with Crippen molar-refractivity contribution in [1.29, 1.82) is 0 Å². The van der Waals surface area contributed by atoms with Crippen molar-refractivity contribution in [2.24, 2.45) is 5.73 Å². The molecule has 0 unspecified atom stereocenters. The number of hydrogen-bond donors (Lipinski definition) is 1. The standard InChI is InChI=1S/C12H12F3N3O/c13-12(14,15)7-6-9-17-11(19-18-9)10(16)8-4-2-1-3-5-8/h1-5,10H,6-7,16H2/t10-/m0/s1. The molecule has 1 aromatic heterocycles. The van der Waals surface area contributed by atoms with Gasteiger partial charge in [0.1, 0.15) is 6.04 Å². The first-order valence-corrected chi connectivity index (χ1v) is 5.65. The van der Waals surface area contributed by atoms with Crippen molar-refractivity contribution < 1.29 is 17.7 Å². The highest BCUT2D eigenvalue weighted by atomic mass is 19.4. The summed E-state index contributed by atoms with van der Waals surface area (Å²) >= 11 is 0. The monoisotopic (exact) mass is 271 g/mol. The summed E-state index contributed by atoms with van der Waals surface area (Å²) < 4.78 is 41.1. The van der Waals surface area contributed by atoms with Gasteiger partial charge in [-0.2, -0.15) is 18.2 Å². The molecular weight excluding hydrogens is 259 g/mol. The van der Waals surface area contributed by atoms with Crippen LogP contribution in [0.1, 0.15) is 29.7 Å². The Morgan fingerprint density at radius 3 is 2.53 bits per heavy atom. The lowest BCUT2D eigenvalue weighted by atomic mass is 10.1. The first-order chi connectivity index (χ1) is 8.96. The predicted molar refractivity (Wildman–Crippen MR) is 61.1 cm³/mol. The normalized spacial score (nSPS) is 13.5. The molecule has 0 aliphatic heterocycles. The summed E-state index contributed by atoms with van der Waals surface area (Å²) in [5.41, 5.74) is 6.65. The van der Waals surface area contributed by atoms with Gasteiger partial charge in [0.05, 0.1) is 6.42 Å². The second-order valence-electron chi connectivity index (χ2n) is 4.05. The Labute approximate surface area is 107 Å². The van der Waals surface area contributed by atoms with E-state index >= 15 is 0 Å². The van der Waals surface area contributed by atoms with Crippen LogP contribution in [0.3, 0.4) is 0 Å². The van der Waals surface area contributed by atoms with Gasteiger partial charge in [-0.15, -0.1) is 0 Å². The third kappa shape index (κ3) is 3.78. The zero-order chi connectivity index (χ0) is 13.9. The van der Waals surface area contributed by atoms with Crippen molar-refractivity contribution in [2.45, 2.75) is 25.1 Å². The van der Waals surface area contributed by atoms with E-state index in [9.17, 15) is 13.2 Å². The fourth-order valence-electron chi connectivity index (χ4n) is 1.55. The summed E-state index contributed by atoms with van der Waals surface area (Å²) in [6.45, 7) is 0. The van der Waals surface area contributed by atoms with Gasteiger partial charge in [-0.05, 0) is 5.56 Å². The summed E-state index contributed by atoms with van der Waals surface area (Å²) in [7, 11) is 0. The molecule has 1 aromatic carbocycles. The average Bonchev–Trinajstić information content (AvgIpc) is 2.84. The Morgan fingerprint density at radius 2 is 1.89 bits per heavy atom. The van der Waals surface area contributed by atoms with E-state index in [2.05, 4.69) is 10.1 Å². The molecule has 7 heteroatoms. The lowest BCUT2D eigenvalue weighted by Crippen LogP contribution is -2.12. The van der Waals surface area contributed by atoms with Crippen molar-refractivity contribution in [3.63, 3.8) is 0 Å². The van der Waals surface area contributed by atoms with Crippen LogP contribution in [0.15, 0.2) is 34.9 Å². The van der Waals surface area contributed by atoms with Crippen LogP contribution in [0.2, 0.25) is 0 Å². The third-order valence-corrected chi connectivity index (χ3v) is 2.54. The van der Waals surface area contributed by atoms with Crippen molar-refractivity contribution in [2.75, 3.05) is 0 Å². The van der Waals surface area contributed by atoms with Gasteiger partial charge >= 0.3 is 6.18 Å². The maximum Gasteiger partial charge on any atom is 0.389 e. The minimum Gasteiger partial charge on any atom is -0.337 e. The highest BCUT2D eigenvalue weighted by Crippen LogP contribution is 2.22. The van der Waals surface area contributed by atoms with Crippen LogP contribution in [0, 0.1) is 0 Å². The van der Waals surface area contributed by atoms with Gasteiger partial charge in [0, 0.05) is 6.42 Å². The molecule has 2 aromatic rings. The number of alkyl halides is 3. The molecule has 2 rings (SSSR count). The highest BCUT2D eigenvalue weighted by molar-refractivity contribution is 5.22. The van der Waals surface area contributed by atoms with Crippen LogP contribution in [0.25, 0.3) is 0 Å². The lowest BCUT2D eigenvalue weighted by Gasteiger charge is -2.05. The number of hydrogen-bond acceptors (Lipinski definition) is 4. The predicted octanol–water partition coefficient (Wildman–Crippen LogP) is 2.61. The van der Waals surface area contributed by atoms with Crippen LogP contribution in [0.4, 0.5) is 13.2 Å². The Kier molecular flexibility index (Phi) is 3.84. The fraction of sp³-hybridized carbons (Fsp3) is 0.333. The minimum absolute atomic E-state index is 0.0127. The zero-order valence-corrected chi connectivity index (χ0v) is 9.89. The molecule has 19 heavy (non-hydrogen) atoms. The molecule has 0 amide bonds. The minimum atomic E-state index is -4.23. The summed E-state index contributed by atoms with van der Waals surface area (Å²) in [6.07, 6.45) is -5.52. The molecule has 102 valence electrons. The van der Waals surface area contributed by atoms with E-state index in [0.29, 0.717) is 0 Å². The van der Waals surface area contributed by atoms with Gasteiger partial charge in [0.2, 0.25) is 5.89 Å². The second-order valence-corrected chi connectivity index (χ2v) is 4.05. The maximum absolute atomic E-state index is 12.1. The summed E-state index contributed by atoms with van der Waals surface area (Å²) in [6, 6.07) is 8.37. The fourth-order valence-corrected chi connectivity index (χ4v) is 1.55. The SMILES string of the molecule is N[C@@H](c1ccccc1)c1nc(CCC(F)(F)F)no1. The van der Waals surface area contributed by atoms with Crippen LogP contribution in [0.5, 0.6) is 0 Å². The summed E-state index contributed by atoms with van der Waals surface area (Å²) in [4.78, 5) is 3.89. The average molecular weight is 271 g/mol. The van der Waals surface area contributed by atoms with E-state index in [1.54, 1.807) is 24.3 Å². The number of halogens is 3. The van der Waals surface area contributed by atoms with Gasteiger partial charge < -0.3 is 10.3 Å². The Balaban J connectivity index is 2.05. The molecule has 0 radical (unpaired) electrons. The molecular formula is C12H12F3N3O. The van der Waals surface area contributed by atoms with E-state index in [-0.39, 0.29) is 18.1 Å². The van der Waals surface area contributed by atoms with Crippen molar-refractivity contribution in [3.8, 4) is 0 Å². The number of aromatic nitrogens is 2. The van der Waals surface area contributed by atoms with E-state index < -0.39 is 18.6 Å². The Morgan fingerprint density at radius 1 is 1.21 bits per heavy atom. The first kappa shape index (κ1) is 13.5. The van der Waals surface area contributed by atoms with Gasteiger partial charge in [-0.3, -0.25) is 0 Å². The molecule has 1 heterocycles. The smallest absolute Gasteiger partial charge is 0.337 e. The summed E-state index contributed by atoms with van der Waals surface area (Å²) in [5.74, 6) is 0.127.